The van der Waals surface area contributed by atoms with E-state index >= 15 is 0 Å². The summed E-state index contributed by atoms with van der Waals surface area (Å²) >= 11 is 0. The van der Waals surface area contributed by atoms with Gasteiger partial charge in [0, 0.05) is 62.7 Å². The molecule has 0 saturated carbocycles. The lowest BCUT2D eigenvalue weighted by molar-refractivity contribution is 0.0502. The number of benzene rings is 1. The summed E-state index contributed by atoms with van der Waals surface area (Å²) in [6.45, 7) is 8.48. The van der Waals surface area contributed by atoms with E-state index in [0.29, 0.717) is 6.61 Å². The van der Waals surface area contributed by atoms with Crippen molar-refractivity contribution in [3.05, 3.63) is 53.5 Å². The normalized spacial score (nSPS) is 24.9. The minimum atomic E-state index is -0.0263. The molecule has 1 aromatic carbocycles. The van der Waals surface area contributed by atoms with Crippen LogP contribution < -0.4 is 4.90 Å². The summed E-state index contributed by atoms with van der Waals surface area (Å²) in [6, 6.07) is 8.71. The summed E-state index contributed by atoms with van der Waals surface area (Å²) in [5, 5.41) is 1.28. The van der Waals surface area contributed by atoms with Crippen LogP contribution in [-0.2, 0) is 23.3 Å². The molecular weight excluding hydrogens is 388 g/mol. The number of fused-ring (bicyclic) bond motifs is 3. The average Bonchev–Trinajstić information content (AvgIpc) is 3.43. The zero-order valence-electron chi connectivity index (χ0n) is 18.2. The molecule has 1 N–H and O–H groups in total. The number of ether oxygens (including phenoxy) is 1. The van der Waals surface area contributed by atoms with Gasteiger partial charge in [-0.05, 0) is 37.0 Å². The average molecular weight is 419 g/mol. The van der Waals surface area contributed by atoms with Crippen LogP contribution in [0.5, 0.6) is 0 Å². The molecule has 2 saturated heterocycles. The Balaban J connectivity index is 1.26. The fraction of sp³-hybridized carbons (Fsp3) is 0.500. The van der Waals surface area contributed by atoms with Gasteiger partial charge in [-0.2, -0.15) is 0 Å². The molecule has 6 rings (SSSR count). The molecule has 1 atom stereocenters. The molecule has 2 fully saturated rings. The first kappa shape index (κ1) is 19.2. The molecule has 1 spiro atoms. The Morgan fingerprint density at radius 3 is 2.94 bits per heavy atom. The monoisotopic (exact) mass is 418 g/mol. The van der Waals surface area contributed by atoms with E-state index in [4.69, 9.17) is 14.7 Å². The lowest BCUT2D eigenvalue weighted by Gasteiger charge is -2.36. The Kier molecular flexibility index (Phi) is 4.70. The molecule has 0 amide bonds. The molecule has 3 aromatic rings. The highest BCUT2D eigenvalue weighted by atomic mass is 16.5. The van der Waals surface area contributed by atoms with Crippen molar-refractivity contribution in [1.29, 1.82) is 0 Å². The standard InChI is InChI=1S/C24H30N6O/c1-28-9-11-30(12-10-28)23-26-13-20-15-31-17-24(22(20)27-23)6-8-29(16-24)14-19-4-2-3-18-5-7-25-21(18)19/h2-5,7,13,25H,6,8-12,14-17H2,1H3. The molecule has 3 aliphatic heterocycles. The minimum absolute atomic E-state index is 0.0263. The molecule has 3 aliphatic rings. The van der Waals surface area contributed by atoms with Crippen LogP contribution in [-0.4, -0.2) is 77.7 Å². The number of aromatic amines is 1. The number of likely N-dealkylation sites (N-methyl/N-ethyl adjacent to an activating group) is 1. The fourth-order valence-electron chi connectivity index (χ4n) is 5.47. The maximum Gasteiger partial charge on any atom is 0.225 e. The largest absolute Gasteiger partial charge is 0.376 e. The Hall–Kier alpha value is -2.48. The van der Waals surface area contributed by atoms with Crippen LogP contribution in [0.4, 0.5) is 5.95 Å². The van der Waals surface area contributed by atoms with Crippen molar-refractivity contribution in [3.63, 3.8) is 0 Å². The number of rotatable bonds is 3. The third-order valence-corrected chi connectivity index (χ3v) is 7.28. The number of anilines is 1. The second kappa shape index (κ2) is 7.58. The molecule has 0 radical (unpaired) electrons. The maximum absolute atomic E-state index is 6.06. The summed E-state index contributed by atoms with van der Waals surface area (Å²) < 4.78 is 6.06. The van der Waals surface area contributed by atoms with Crippen LogP contribution in [0.3, 0.4) is 0 Å². The van der Waals surface area contributed by atoms with Gasteiger partial charge in [-0.15, -0.1) is 0 Å². The van der Waals surface area contributed by atoms with E-state index in [1.807, 2.05) is 12.4 Å². The first-order valence-corrected chi connectivity index (χ1v) is 11.4. The van der Waals surface area contributed by atoms with Gasteiger partial charge in [0.2, 0.25) is 5.95 Å². The van der Waals surface area contributed by atoms with Gasteiger partial charge >= 0.3 is 0 Å². The van der Waals surface area contributed by atoms with Crippen molar-refractivity contribution in [2.45, 2.75) is 25.0 Å². The molecule has 0 bridgehead atoms. The lowest BCUT2D eigenvalue weighted by atomic mass is 9.80. The predicted molar refractivity (Wildman–Crippen MR) is 121 cm³/mol. The molecule has 0 aliphatic carbocycles. The first-order chi connectivity index (χ1) is 15.2. The van der Waals surface area contributed by atoms with E-state index in [9.17, 15) is 0 Å². The van der Waals surface area contributed by atoms with E-state index in [-0.39, 0.29) is 5.41 Å². The Labute approximate surface area is 183 Å². The molecule has 7 nitrogen and oxygen atoms in total. The van der Waals surface area contributed by atoms with Crippen LogP contribution in [0.15, 0.2) is 36.7 Å². The van der Waals surface area contributed by atoms with Gasteiger partial charge in [0.15, 0.2) is 0 Å². The van der Waals surface area contributed by atoms with E-state index in [1.54, 1.807) is 0 Å². The van der Waals surface area contributed by atoms with Gasteiger partial charge in [0.05, 0.1) is 24.3 Å². The summed E-state index contributed by atoms with van der Waals surface area (Å²) in [5.74, 6) is 0.891. The number of nitrogens with one attached hydrogen (secondary N) is 1. The number of H-pyrrole nitrogens is 1. The molecule has 2 aromatic heterocycles. The maximum atomic E-state index is 6.06. The Bertz CT molecular complexity index is 1090. The molecule has 162 valence electrons. The fourth-order valence-corrected chi connectivity index (χ4v) is 5.47. The number of hydrogen-bond donors (Lipinski definition) is 1. The summed E-state index contributed by atoms with van der Waals surface area (Å²) in [5.41, 5.74) is 4.98. The second-order valence-corrected chi connectivity index (χ2v) is 9.43. The van der Waals surface area contributed by atoms with Crippen molar-refractivity contribution in [1.82, 2.24) is 24.8 Å². The molecule has 5 heterocycles. The predicted octanol–water partition coefficient (Wildman–Crippen LogP) is 2.38. The van der Waals surface area contributed by atoms with Crippen LogP contribution >= 0.6 is 0 Å². The van der Waals surface area contributed by atoms with E-state index in [0.717, 1.165) is 70.4 Å². The highest BCUT2D eigenvalue weighted by molar-refractivity contribution is 5.82. The molecular formula is C24H30N6O. The zero-order valence-corrected chi connectivity index (χ0v) is 18.2. The number of para-hydroxylation sites is 1. The van der Waals surface area contributed by atoms with E-state index < -0.39 is 0 Å². The number of likely N-dealkylation sites (tertiary alicyclic amines) is 1. The summed E-state index contributed by atoms with van der Waals surface area (Å²) in [4.78, 5) is 20.5. The van der Waals surface area contributed by atoms with Gasteiger partial charge in [-0.3, -0.25) is 4.90 Å². The highest BCUT2D eigenvalue weighted by Crippen LogP contribution is 2.40. The van der Waals surface area contributed by atoms with Crippen molar-refractivity contribution in [2.75, 3.05) is 57.8 Å². The second-order valence-electron chi connectivity index (χ2n) is 9.43. The first-order valence-electron chi connectivity index (χ1n) is 11.4. The van der Waals surface area contributed by atoms with Gasteiger partial charge in [0.1, 0.15) is 0 Å². The highest BCUT2D eigenvalue weighted by Gasteiger charge is 2.45. The SMILES string of the molecule is CN1CCN(c2ncc3c(n2)C2(CCN(Cc4cccc5cc[nH]c45)C2)COC3)CC1. The van der Waals surface area contributed by atoms with Crippen LogP contribution in [0.25, 0.3) is 10.9 Å². The van der Waals surface area contributed by atoms with E-state index in [2.05, 4.69) is 51.0 Å². The molecule has 7 heteroatoms. The number of aromatic nitrogens is 3. The van der Waals surface area contributed by atoms with Gasteiger partial charge < -0.3 is 19.5 Å². The van der Waals surface area contributed by atoms with Crippen molar-refractivity contribution >= 4 is 16.9 Å². The summed E-state index contributed by atoms with van der Waals surface area (Å²) in [7, 11) is 2.18. The van der Waals surface area contributed by atoms with Gasteiger partial charge in [0.25, 0.3) is 0 Å². The van der Waals surface area contributed by atoms with Crippen LogP contribution in [0.2, 0.25) is 0 Å². The number of nitrogens with zero attached hydrogens (tertiary/aromatic N) is 5. The molecule has 31 heavy (non-hydrogen) atoms. The quantitative estimate of drug-likeness (QED) is 0.705. The van der Waals surface area contributed by atoms with Crippen molar-refractivity contribution < 1.29 is 4.74 Å². The van der Waals surface area contributed by atoms with E-state index in [1.165, 1.54) is 22.2 Å². The zero-order chi connectivity index (χ0) is 20.8. The topological polar surface area (TPSA) is 60.5 Å². The summed E-state index contributed by atoms with van der Waals surface area (Å²) in [6.07, 6.45) is 5.13. The van der Waals surface area contributed by atoms with Crippen LogP contribution in [0, 0.1) is 0 Å². The van der Waals surface area contributed by atoms with Crippen molar-refractivity contribution in [3.8, 4) is 0 Å². The molecule has 1 unspecified atom stereocenters. The van der Waals surface area contributed by atoms with Gasteiger partial charge in [-0.25, -0.2) is 9.97 Å². The van der Waals surface area contributed by atoms with Crippen LogP contribution in [0.1, 0.15) is 23.2 Å². The Morgan fingerprint density at radius 1 is 1.13 bits per heavy atom. The third-order valence-electron chi connectivity index (χ3n) is 7.28. The van der Waals surface area contributed by atoms with Gasteiger partial charge in [-0.1, -0.05) is 18.2 Å². The number of piperazine rings is 1. The minimum Gasteiger partial charge on any atom is -0.376 e. The third kappa shape index (κ3) is 3.41. The van der Waals surface area contributed by atoms with Crippen molar-refractivity contribution in [2.24, 2.45) is 0 Å². The lowest BCUT2D eigenvalue weighted by Crippen LogP contribution is -2.46. The smallest absolute Gasteiger partial charge is 0.225 e. The Morgan fingerprint density at radius 2 is 2.03 bits per heavy atom. The number of hydrogen-bond acceptors (Lipinski definition) is 6.